The molecule has 2 atom stereocenters. The van der Waals surface area contributed by atoms with Gasteiger partial charge in [-0.1, -0.05) is 24.3 Å². The Kier molecular flexibility index (Phi) is 3.91. The highest BCUT2D eigenvalue weighted by atomic mass is 16.5. The Bertz CT molecular complexity index is 1400. The highest BCUT2D eigenvalue weighted by Crippen LogP contribution is 2.46. The maximum atomic E-state index is 13.6. The molecule has 5 rings (SSSR count). The summed E-state index contributed by atoms with van der Waals surface area (Å²) in [6, 6.07) is 13.3. The van der Waals surface area contributed by atoms with Crippen LogP contribution in [0.4, 0.5) is 0 Å². The minimum absolute atomic E-state index is 0.185. The smallest absolute Gasteiger partial charge is 0.201 e. The number of aryl methyl sites for hydroxylation is 1. The molecule has 2 N–H and O–H groups in total. The fraction of sp³-hybridized carbons (Fsp3) is 0.292. The second kappa shape index (κ2) is 6.20. The number of aromatic nitrogens is 1. The Morgan fingerprint density at radius 2 is 1.77 bits per heavy atom. The summed E-state index contributed by atoms with van der Waals surface area (Å²) in [4.78, 5) is 13.6. The number of hydrogen-bond acceptors (Lipinski definition) is 5. The molecule has 0 amide bonds. The number of fused-ring (bicyclic) bond motifs is 5. The molecule has 0 saturated heterocycles. The van der Waals surface area contributed by atoms with Crippen LogP contribution in [0, 0.1) is 0 Å². The zero-order valence-corrected chi connectivity index (χ0v) is 17.3. The molecule has 154 valence electrons. The largest absolute Gasteiger partial charge is 0.496 e. The van der Waals surface area contributed by atoms with Crippen molar-refractivity contribution >= 4 is 32.6 Å². The Hall–Kier alpha value is -3.09. The number of methoxy groups -OCH3 is 1. The van der Waals surface area contributed by atoms with Crippen LogP contribution in [0.5, 0.6) is 11.5 Å². The first kappa shape index (κ1) is 18.9. The molecular weight excluding hydrogens is 382 g/mol. The Morgan fingerprint density at radius 3 is 2.43 bits per heavy atom. The SMILES string of the molecule is COc1cc2c(c3c1c(=O)c1cc4ccccc4cc1n3C)[C@@H](O)[C@H](O)C(C)(C)O2. The van der Waals surface area contributed by atoms with E-state index in [1.54, 1.807) is 19.9 Å². The predicted molar refractivity (Wildman–Crippen MR) is 116 cm³/mol. The van der Waals surface area contributed by atoms with Gasteiger partial charge in [-0.15, -0.1) is 0 Å². The van der Waals surface area contributed by atoms with Crippen LogP contribution in [0.3, 0.4) is 0 Å². The molecule has 0 fully saturated rings. The van der Waals surface area contributed by atoms with Gasteiger partial charge in [0, 0.05) is 18.5 Å². The third kappa shape index (κ3) is 2.41. The van der Waals surface area contributed by atoms with Gasteiger partial charge < -0.3 is 24.3 Å². The molecule has 0 radical (unpaired) electrons. The maximum absolute atomic E-state index is 13.6. The highest BCUT2D eigenvalue weighted by molar-refractivity contribution is 6.04. The summed E-state index contributed by atoms with van der Waals surface area (Å²) >= 11 is 0. The van der Waals surface area contributed by atoms with Gasteiger partial charge in [0.2, 0.25) is 5.43 Å². The Labute approximate surface area is 172 Å². The number of benzene rings is 3. The van der Waals surface area contributed by atoms with Gasteiger partial charge in [0.05, 0.1) is 29.1 Å². The fourth-order valence-corrected chi connectivity index (χ4v) is 4.56. The molecule has 1 aliphatic rings. The van der Waals surface area contributed by atoms with E-state index in [1.807, 2.05) is 48.0 Å². The Balaban J connectivity index is 2.01. The van der Waals surface area contributed by atoms with Crippen molar-refractivity contribution in [1.82, 2.24) is 4.57 Å². The molecular formula is C24H23NO5. The summed E-state index contributed by atoms with van der Waals surface area (Å²) < 4.78 is 13.5. The molecule has 0 aliphatic carbocycles. The quantitative estimate of drug-likeness (QED) is 0.475. The minimum Gasteiger partial charge on any atom is -0.496 e. The number of aliphatic hydroxyl groups is 2. The first-order valence-corrected chi connectivity index (χ1v) is 9.86. The number of aliphatic hydroxyl groups excluding tert-OH is 2. The number of pyridine rings is 1. The fourth-order valence-electron chi connectivity index (χ4n) is 4.56. The first-order valence-electron chi connectivity index (χ1n) is 9.86. The van der Waals surface area contributed by atoms with Crippen LogP contribution in [-0.4, -0.2) is 33.6 Å². The third-order valence-corrected chi connectivity index (χ3v) is 6.20. The van der Waals surface area contributed by atoms with Crippen molar-refractivity contribution in [3.05, 3.63) is 58.3 Å². The van der Waals surface area contributed by atoms with Crippen molar-refractivity contribution < 1.29 is 19.7 Å². The average molecular weight is 405 g/mol. The van der Waals surface area contributed by atoms with Crippen LogP contribution in [0.1, 0.15) is 25.5 Å². The zero-order chi connectivity index (χ0) is 21.4. The van der Waals surface area contributed by atoms with E-state index in [0.29, 0.717) is 33.4 Å². The van der Waals surface area contributed by atoms with Crippen LogP contribution in [0.25, 0.3) is 32.6 Å². The molecule has 1 aromatic heterocycles. The van der Waals surface area contributed by atoms with E-state index in [-0.39, 0.29) is 5.43 Å². The lowest BCUT2D eigenvalue weighted by Crippen LogP contribution is -2.49. The van der Waals surface area contributed by atoms with Gasteiger partial charge >= 0.3 is 0 Å². The van der Waals surface area contributed by atoms with Gasteiger partial charge in [0.15, 0.2) is 0 Å². The van der Waals surface area contributed by atoms with Gasteiger partial charge in [-0.25, -0.2) is 0 Å². The molecule has 6 heteroatoms. The van der Waals surface area contributed by atoms with Crippen LogP contribution in [-0.2, 0) is 7.05 Å². The van der Waals surface area contributed by atoms with Crippen molar-refractivity contribution in [2.45, 2.75) is 31.7 Å². The summed E-state index contributed by atoms with van der Waals surface area (Å²) in [6.07, 6.45) is -2.36. The lowest BCUT2D eigenvalue weighted by atomic mass is 9.86. The van der Waals surface area contributed by atoms with Gasteiger partial charge in [-0.05, 0) is 36.8 Å². The normalized spacial score (nSPS) is 20.3. The van der Waals surface area contributed by atoms with Crippen LogP contribution in [0.15, 0.2) is 47.3 Å². The average Bonchev–Trinajstić information content (AvgIpc) is 2.73. The van der Waals surface area contributed by atoms with Crippen LogP contribution < -0.4 is 14.9 Å². The van der Waals surface area contributed by atoms with Gasteiger partial charge in [0.25, 0.3) is 0 Å². The molecule has 0 unspecified atom stereocenters. The van der Waals surface area contributed by atoms with Gasteiger partial charge in [-0.2, -0.15) is 0 Å². The molecule has 4 aromatic rings. The van der Waals surface area contributed by atoms with Crippen molar-refractivity contribution in [1.29, 1.82) is 0 Å². The zero-order valence-electron chi connectivity index (χ0n) is 17.3. The second-order valence-electron chi connectivity index (χ2n) is 8.41. The van der Waals surface area contributed by atoms with Crippen molar-refractivity contribution in [2.24, 2.45) is 7.05 Å². The van der Waals surface area contributed by atoms with Crippen LogP contribution >= 0.6 is 0 Å². The Morgan fingerprint density at radius 1 is 1.10 bits per heavy atom. The summed E-state index contributed by atoms with van der Waals surface area (Å²) in [5, 5.41) is 24.6. The monoisotopic (exact) mass is 405 g/mol. The molecule has 30 heavy (non-hydrogen) atoms. The first-order chi connectivity index (χ1) is 14.2. The van der Waals surface area contributed by atoms with Crippen LogP contribution in [0.2, 0.25) is 0 Å². The number of rotatable bonds is 1. The lowest BCUT2D eigenvalue weighted by molar-refractivity contribution is -0.111. The van der Waals surface area contributed by atoms with Crippen molar-refractivity contribution in [3.63, 3.8) is 0 Å². The molecule has 0 spiro atoms. The second-order valence-corrected chi connectivity index (χ2v) is 8.41. The van der Waals surface area contributed by atoms with Crippen molar-refractivity contribution in [3.8, 4) is 11.5 Å². The maximum Gasteiger partial charge on any atom is 0.201 e. The molecule has 1 aliphatic heterocycles. The summed E-state index contributed by atoms with van der Waals surface area (Å²) in [5.74, 6) is 0.774. The minimum atomic E-state index is -1.21. The molecule has 3 aromatic carbocycles. The summed E-state index contributed by atoms with van der Waals surface area (Å²) in [5.41, 5.74) is 0.450. The van der Waals surface area contributed by atoms with E-state index in [4.69, 9.17) is 9.47 Å². The topological polar surface area (TPSA) is 80.9 Å². The number of nitrogens with zero attached hydrogens (tertiary/aromatic N) is 1. The van der Waals surface area contributed by atoms with E-state index < -0.39 is 17.8 Å². The summed E-state index contributed by atoms with van der Waals surface area (Å²) in [7, 11) is 3.35. The lowest BCUT2D eigenvalue weighted by Gasteiger charge is -2.40. The number of hydrogen-bond donors (Lipinski definition) is 2. The molecule has 0 saturated carbocycles. The molecule has 6 nitrogen and oxygen atoms in total. The van der Waals surface area contributed by atoms with E-state index >= 15 is 0 Å². The number of ether oxygens (including phenoxy) is 2. The highest BCUT2D eigenvalue weighted by Gasteiger charge is 2.44. The van der Waals surface area contributed by atoms with E-state index in [9.17, 15) is 15.0 Å². The third-order valence-electron chi connectivity index (χ3n) is 6.20. The molecule has 0 bridgehead atoms. The summed E-state index contributed by atoms with van der Waals surface area (Å²) in [6.45, 7) is 3.43. The van der Waals surface area contributed by atoms with Gasteiger partial charge in [0.1, 0.15) is 29.3 Å². The van der Waals surface area contributed by atoms with E-state index in [1.165, 1.54) is 7.11 Å². The van der Waals surface area contributed by atoms with E-state index in [0.717, 1.165) is 16.3 Å². The predicted octanol–water partition coefficient (Wildman–Crippen LogP) is 3.42. The molecule has 2 heterocycles. The van der Waals surface area contributed by atoms with Gasteiger partial charge in [-0.3, -0.25) is 4.79 Å². The van der Waals surface area contributed by atoms with Crippen molar-refractivity contribution in [2.75, 3.05) is 7.11 Å². The van der Waals surface area contributed by atoms with E-state index in [2.05, 4.69) is 0 Å². The standard InChI is InChI=1S/C24H23NO5/c1-24(2)23(28)22(27)19-17(30-24)11-16(29-4)18-20(19)25(3)15-10-13-8-6-5-7-12(13)9-14(15)21(18)26/h5-11,22-23,27-28H,1-4H3/t22-,23+/m1/s1.